The van der Waals surface area contributed by atoms with Crippen molar-refractivity contribution >= 4 is 22.4 Å². The lowest BCUT2D eigenvalue weighted by molar-refractivity contribution is -0.115. The van der Waals surface area contributed by atoms with Gasteiger partial charge < -0.3 is 10.1 Å². The molecule has 0 aromatic carbocycles. The molecular formula is C10H18N4O2S. The van der Waals surface area contributed by atoms with Gasteiger partial charge in [0.1, 0.15) is 5.01 Å². The summed E-state index contributed by atoms with van der Waals surface area (Å²) in [6, 6.07) is 0. The third kappa shape index (κ3) is 5.71. The van der Waals surface area contributed by atoms with Crippen molar-refractivity contribution in [2.24, 2.45) is 0 Å². The van der Waals surface area contributed by atoms with E-state index in [2.05, 4.69) is 27.8 Å². The van der Waals surface area contributed by atoms with Gasteiger partial charge in [0.15, 0.2) is 0 Å². The Hall–Kier alpha value is -1.05. The smallest absolute Gasteiger partial charge is 0.240 e. The number of nitrogens with one attached hydrogen (secondary N) is 2. The first-order valence-electron chi connectivity index (χ1n) is 5.58. The maximum atomic E-state index is 11.5. The molecule has 2 N–H and O–H groups in total. The van der Waals surface area contributed by atoms with Crippen LogP contribution in [0, 0.1) is 0 Å². The molecule has 96 valence electrons. The highest BCUT2D eigenvalue weighted by Crippen LogP contribution is 2.15. The average Bonchev–Trinajstić information content (AvgIpc) is 2.73. The Bertz CT molecular complexity index is 343. The standard InChI is InChI=1S/C10H18N4O2S/c1-3-4-9-13-14-10(17-9)12-8(15)7-11-5-6-16-2/h11H,3-7H2,1-2H3,(H,12,14,15). The predicted molar refractivity (Wildman–Crippen MR) is 67.3 cm³/mol. The van der Waals surface area contributed by atoms with Crippen LogP contribution in [0.15, 0.2) is 0 Å². The van der Waals surface area contributed by atoms with Crippen molar-refractivity contribution in [2.45, 2.75) is 19.8 Å². The van der Waals surface area contributed by atoms with E-state index in [0.717, 1.165) is 17.8 Å². The summed E-state index contributed by atoms with van der Waals surface area (Å²) in [5.74, 6) is -0.111. The van der Waals surface area contributed by atoms with Gasteiger partial charge in [-0.2, -0.15) is 0 Å². The van der Waals surface area contributed by atoms with Crippen molar-refractivity contribution in [3.05, 3.63) is 5.01 Å². The van der Waals surface area contributed by atoms with E-state index in [0.29, 0.717) is 18.3 Å². The number of carbonyl (C=O) groups excluding carboxylic acids is 1. The molecule has 0 aliphatic carbocycles. The SMILES string of the molecule is CCCc1nnc(NC(=O)CNCCOC)s1. The minimum absolute atomic E-state index is 0.111. The first-order valence-corrected chi connectivity index (χ1v) is 6.39. The van der Waals surface area contributed by atoms with Gasteiger partial charge in [-0.05, 0) is 6.42 Å². The minimum atomic E-state index is -0.111. The van der Waals surface area contributed by atoms with Crippen LogP contribution in [0.1, 0.15) is 18.4 Å². The van der Waals surface area contributed by atoms with Crippen molar-refractivity contribution in [1.82, 2.24) is 15.5 Å². The van der Waals surface area contributed by atoms with Crippen LogP contribution in [-0.4, -0.2) is 42.9 Å². The van der Waals surface area contributed by atoms with Gasteiger partial charge >= 0.3 is 0 Å². The van der Waals surface area contributed by atoms with E-state index in [9.17, 15) is 4.79 Å². The first kappa shape index (κ1) is 14.0. The van der Waals surface area contributed by atoms with Crippen LogP contribution in [0.3, 0.4) is 0 Å². The molecular weight excluding hydrogens is 240 g/mol. The number of methoxy groups -OCH3 is 1. The van der Waals surface area contributed by atoms with Crippen LogP contribution in [-0.2, 0) is 16.0 Å². The zero-order valence-electron chi connectivity index (χ0n) is 10.2. The van der Waals surface area contributed by atoms with Crippen LogP contribution < -0.4 is 10.6 Å². The van der Waals surface area contributed by atoms with Crippen molar-refractivity contribution in [3.8, 4) is 0 Å². The zero-order valence-corrected chi connectivity index (χ0v) is 11.0. The predicted octanol–water partition coefficient (Wildman–Crippen LogP) is 0.665. The number of hydrogen-bond donors (Lipinski definition) is 2. The van der Waals surface area contributed by atoms with Gasteiger partial charge in [0.05, 0.1) is 13.2 Å². The van der Waals surface area contributed by atoms with E-state index in [-0.39, 0.29) is 12.5 Å². The molecule has 0 bridgehead atoms. The molecule has 0 unspecified atom stereocenters. The third-order valence-corrected chi connectivity index (χ3v) is 2.84. The lowest BCUT2D eigenvalue weighted by atomic mass is 10.4. The monoisotopic (exact) mass is 258 g/mol. The zero-order chi connectivity index (χ0) is 12.5. The number of aryl methyl sites for hydroxylation is 1. The van der Waals surface area contributed by atoms with Crippen molar-refractivity contribution in [1.29, 1.82) is 0 Å². The van der Waals surface area contributed by atoms with Crippen LogP contribution in [0.25, 0.3) is 0 Å². The van der Waals surface area contributed by atoms with Crippen LogP contribution in [0.2, 0.25) is 0 Å². The highest BCUT2D eigenvalue weighted by molar-refractivity contribution is 7.15. The summed E-state index contributed by atoms with van der Waals surface area (Å²) in [7, 11) is 1.62. The topological polar surface area (TPSA) is 76.1 Å². The van der Waals surface area contributed by atoms with E-state index in [1.165, 1.54) is 11.3 Å². The summed E-state index contributed by atoms with van der Waals surface area (Å²) in [6.07, 6.45) is 1.93. The Morgan fingerprint density at radius 3 is 3.00 bits per heavy atom. The van der Waals surface area contributed by atoms with E-state index in [1.807, 2.05) is 0 Å². The molecule has 1 rings (SSSR count). The average molecular weight is 258 g/mol. The lowest BCUT2D eigenvalue weighted by Gasteiger charge is -2.02. The number of rotatable bonds is 8. The van der Waals surface area contributed by atoms with Crippen LogP contribution in [0.5, 0.6) is 0 Å². The molecule has 6 nitrogen and oxygen atoms in total. The van der Waals surface area contributed by atoms with Gasteiger partial charge in [-0.1, -0.05) is 18.3 Å². The molecule has 1 amide bonds. The van der Waals surface area contributed by atoms with Crippen molar-refractivity contribution in [2.75, 3.05) is 32.1 Å². The number of nitrogens with zero attached hydrogens (tertiary/aromatic N) is 2. The summed E-state index contributed by atoms with van der Waals surface area (Å²) in [4.78, 5) is 11.5. The molecule has 0 radical (unpaired) electrons. The molecule has 0 aliphatic heterocycles. The molecule has 0 aliphatic rings. The fourth-order valence-corrected chi connectivity index (χ4v) is 2.02. The number of anilines is 1. The lowest BCUT2D eigenvalue weighted by Crippen LogP contribution is -2.30. The van der Waals surface area contributed by atoms with Gasteiger partial charge in [0.25, 0.3) is 0 Å². The molecule has 0 saturated carbocycles. The molecule has 1 aromatic heterocycles. The Kier molecular flexibility index (Phi) is 6.68. The summed E-state index contributed by atoms with van der Waals surface area (Å²) < 4.78 is 4.86. The second-order valence-electron chi connectivity index (χ2n) is 3.47. The second-order valence-corrected chi connectivity index (χ2v) is 4.53. The maximum Gasteiger partial charge on any atom is 0.240 e. The van der Waals surface area contributed by atoms with Gasteiger partial charge in [0.2, 0.25) is 11.0 Å². The summed E-state index contributed by atoms with van der Waals surface area (Å²) >= 11 is 1.42. The quantitative estimate of drug-likeness (QED) is 0.670. The Morgan fingerprint density at radius 2 is 2.29 bits per heavy atom. The van der Waals surface area contributed by atoms with E-state index in [1.54, 1.807) is 7.11 Å². The second kappa shape index (κ2) is 8.10. The van der Waals surface area contributed by atoms with Crippen molar-refractivity contribution < 1.29 is 9.53 Å². The fraction of sp³-hybridized carbons (Fsp3) is 0.700. The molecule has 0 saturated heterocycles. The highest BCUT2D eigenvalue weighted by Gasteiger charge is 2.06. The first-order chi connectivity index (χ1) is 8.26. The Balaban J connectivity index is 2.24. The van der Waals surface area contributed by atoms with E-state index in [4.69, 9.17) is 4.74 Å². The number of carbonyl (C=O) groups is 1. The Labute approximate surface area is 105 Å². The van der Waals surface area contributed by atoms with E-state index < -0.39 is 0 Å². The largest absolute Gasteiger partial charge is 0.383 e. The fourth-order valence-electron chi connectivity index (χ4n) is 1.16. The minimum Gasteiger partial charge on any atom is -0.383 e. The molecule has 0 spiro atoms. The number of hydrogen-bond acceptors (Lipinski definition) is 6. The van der Waals surface area contributed by atoms with Crippen molar-refractivity contribution in [3.63, 3.8) is 0 Å². The summed E-state index contributed by atoms with van der Waals surface area (Å²) in [5, 5.41) is 15.1. The van der Waals surface area contributed by atoms with Gasteiger partial charge in [-0.15, -0.1) is 10.2 Å². The molecule has 7 heteroatoms. The van der Waals surface area contributed by atoms with Gasteiger partial charge in [0, 0.05) is 20.1 Å². The van der Waals surface area contributed by atoms with Crippen LogP contribution in [0.4, 0.5) is 5.13 Å². The maximum absolute atomic E-state index is 11.5. The van der Waals surface area contributed by atoms with Gasteiger partial charge in [-0.25, -0.2) is 0 Å². The molecule has 0 fully saturated rings. The molecule has 17 heavy (non-hydrogen) atoms. The number of aromatic nitrogens is 2. The normalized spacial score (nSPS) is 10.5. The third-order valence-electron chi connectivity index (χ3n) is 1.95. The molecule has 0 atom stereocenters. The van der Waals surface area contributed by atoms with Crippen LogP contribution >= 0.6 is 11.3 Å². The highest BCUT2D eigenvalue weighted by atomic mass is 32.1. The van der Waals surface area contributed by atoms with Gasteiger partial charge in [-0.3, -0.25) is 10.1 Å². The Morgan fingerprint density at radius 1 is 1.47 bits per heavy atom. The molecule has 1 aromatic rings. The number of ether oxygens (including phenoxy) is 1. The summed E-state index contributed by atoms with van der Waals surface area (Å²) in [6.45, 7) is 3.58. The number of amides is 1. The summed E-state index contributed by atoms with van der Waals surface area (Å²) in [5.41, 5.74) is 0. The molecule has 1 heterocycles. The van der Waals surface area contributed by atoms with E-state index >= 15 is 0 Å².